The van der Waals surface area contributed by atoms with E-state index >= 15 is 0 Å². The second kappa shape index (κ2) is 7.74. The molecule has 2 aromatic carbocycles. The van der Waals surface area contributed by atoms with Gasteiger partial charge in [-0.25, -0.2) is 0 Å². The molecule has 3 aromatic rings. The van der Waals surface area contributed by atoms with E-state index in [0.29, 0.717) is 23.1 Å². The van der Waals surface area contributed by atoms with Crippen LogP contribution in [-0.4, -0.2) is 12.5 Å². The SMILES string of the molecule is CCCCCOc1cccc(C2NC(=O)c3oc4cc(C)cc(C)c4c(=O)c32)c1. The Morgan fingerprint density at radius 1 is 1.10 bits per heavy atom. The molecule has 0 saturated heterocycles. The first-order valence-corrected chi connectivity index (χ1v) is 10.1. The van der Waals surface area contributed by atoms with Crippen molar-refractivity contribution in [3.05, 3.63) is 74.6 Å². The van der Waals surface area contributed by atoms with E-state index in [9.17, 15) is 9.59 Å². The molecule has 1 N–H and O–H groups in total. The van der Waals surface area contributed by atoms with Gasteiger partial charge in [0.1, 0.15) is 11.3 Å². The number of aryl methyl sites for hydroxylation is 2. The number of nitrogens with one attached hydrogen (secondary N) is 1. The molecule has 1 atom stereocenters. The fourth-order valence-electron chi connectivity index (χ4n) is 3.98. The molecule has 1 aliphatic heterocycles. The van der Waals surface area contributed by atoms with Crippen LogP contribution in [0, 0.1) is 13.8 Å². The highest BCUT2D eigenvalue weighted by Gasteiger charge is 2.36. The molecular formula is C24H25NO4. The number of unbranched alkanes of at least 4 members (excludes halogenated alkanes) is 2. The standard InChI is InChI=1S/C24H25NO4/c1-4-5-6-10-28-17-9-7-8-16(13-17)21-20-22(26)19-15(3)11-14(2)12-18(19)29-23(20)24(27)25-21/h7-9,11-13,21H,4-6,10H2,1-3H3,(H,25,27). The molecule has 1 amide bonds. The van der Waals surface area contributed by atoms with E-state index in [1.54, 1.807) is 6.07 Å². The maximum absolute atomic E-state index is 13.3. The van der Waals surface area contributed by atoms with Gasteiger partial charge in [0.05, 0.1) is 23.6 Å². The summed E-state index contributed by atoms with van der Waals surface area (Å²) in [6.45, 7) is 6.63. The lowest BCUT2D eigenvalue weighted by Crippen LogP contribution is -2.22. The number of benzene rings is 2. The second-order valence-corrected chi connectivity index (χ2v) is 7.66. The van der Waals surface area contributed by atoms with Crippen molar-refractivity contribution < 1.29 is 13.9 Å². The van der Waals surface area contributed by atoms with Gasteiger partial charge in [0.25, 0.3) is 5.91 Å². The van der Waals surface area contributed by atoms with Gasteiger partial charge in [-0.3, -0.25) is 9.59 Å². The van der Waals surface area contributed by atoms with Crippen molar-refractivity contribution in [2.75, 3.05) is 6.61 Å². The van der Waals surface area contributed by atoms with E-state index in [2.05, 4.69) is 12.2 Å². The van der Waals surface area contributed by atoms with Gasteiger partial charge >= 0.3 is 0 Å². The molecule has 150 valence electrons. The van der Waals surface area contributed by atoms with Crippen molar-refractivity contribution in [2.45, 2.75) is 46.1 Å². The number of amides is 1. The summed E-state index contributed by atoms with van der Waals surface area (Å²) in [5.74, 6) is 0.475. The molecule has 0 fully saturated rings. The number of hydrogen-bond donors (Lipinski definition) is 1. The van der Waals surface area contributed by atoms with Gasteiger partial charge in [0.2, 0.25) is 5.76 Å². The Hall–Kier alpha value is -3.08. The smallest absolute Gasteiger partial charge is 0.288 e. The van der Waals surface area contributed by atoms with Crippen LogP contribution in [0.25, 0.3) is 11.0 Å². The molecule has 1 aromatic heterocycles. The minimum absolute atomic E-state index is 0.103. The lowest BCUT2D eigenvalue weighted by Gasteiger charge is -2.14. The number of rotatable bonds is 6. The summed E-state index contributed by atoms with van der Waals surface area (Å²) in [4.78, 5) is 25.9. The summed E-state index contributed by atoms with van der Waals surface area (Å²) in [7, 11) is 0. The third kappa shape index (κ3) is 3.53. The van der Waals surface area contributed by atoms with Crippen LogP contribution in [0.2, 0.25) is 0 Å². The molecule has 0 radical (unpaired) electrons. The Morgan fingerprint density at radius 2 is 1.93 bits per heavy atom. The molecular weight excluding hydrogens is 366 g/mol. The molecule has 0 bridgehead atoms. The first-order valence-electron chi connectivity index (χ1n) is 10.1. The number of fused-ring (bicyclic) bond motifs is 2. The van der Waals surface area contributed by atoms with Crippen LogP contribution in [0.15, 0.2) is 45.6 Å². The average molecular weight is 391 g/mol. The van der Waals surface area contributed by atoms with Crippen molar-refractivity contribution in [1.29, 1.82) is 0 Å². The lowest BCUT2D eigenvalue weighted by atomic mass is 9.97. The quantitative estimate of drug-likeness (QED) is 0.612. The van der Waals surface area contributed by atoms with Crippen LogP contribution < -0.4 is 15.5 Å². The number of hydrogen-bond acceptors (Lipinski definition) is 4. The Bertz CT molecular complexity index is 1150. The minimum Gasteiger partial charge on any atom is -0.494 e. The number of ether oxygens (including phenoxy) is 1. The van der Waals surface area contributed by atoms with Crippen molar-refractivity contribution in [3.8, 4) is 5.75 Å². The molecule has 29 heavy (non-hydrogen) atoms. The molecule has 5 heteroatoms. The molecule has 0 saturated carbocycles. The summed E-state index contributed by atoms with van der Waals surface area (Å²) in [5, 5.41) is 3.43. The van der Waals surface area contributed by atoms with Crippen LogP contribution in [0.1, 0.15) is 65.0 Å². The van der Waals surface area contributed by atoms with Crippen LogP contribution in [-0.2, 0) is 0 Å². The van der Waals surface area contributed by atoms with Gasteiger partial charge in [-0.2, -0.15) is 0 Å². The second-order valence-electron chi connectivity index (χ2n) is 7.66. The number of carbonyl (C=O) groups is 1. The van der Waals surface area contributed by atoms with E-state index < -0.39 is 6.04 Å². The van der Waals surface area contributed by atoms with Gasteiger partial charge in [0.15, 0.2) is 5.43 Å². The molecule has 0 spiro atoms. The first kappa shape index (κ1) is 19.2. The predicted octanol–water partition coefficient (Wildman–Crippen LogP) is 4.81. The van der Waals surface area contributed by atoms with Crippen molar-refractivity contribution in [1.82, 2.24) is 5.32 Å². The van der Waals surface area contributed by atoms with E-state index in [1.165, 1.54) is 0 Å². The van der Waals surface area contributed by atoms with E-state index in [4.69, 9.17) is 9.15 Å². The van der Waals surface area contributed by atoms with Gasteiger partial charge in [-0.1, -0.05) is 38.0 Å². The third-order valence-electron chi connectivity index (χ3n) is 5.35. The summed E-state index contributed by atoms with van der Waals surface area (Å²) >= 11 is 0. The van der Waals surface area contributed by atoms with E-state index in [1.807, 2.05) is 44.2 Å². The summed E-state index contributed by atoms with van der Waals surface area (Å²) in [6.07, 6.45) is 3.26. The van der Waals surface area contributed by atoms with Gasteiger partial charge in [0, 0.05) is 0 Å². The van der Waals surface area contributed by atoms with E-state index in [0.717, 1.165) is 41.7 Å². The summed E-state index contributed by atoms with van der Waals surface area (Å²) in [6, 6.07) is 10.8. The summed E-state index contributed by atoms with van der Waals surface area (Å²) < 4.78 is 11.7. The molecule has 0 aliphatic carbocycles. The van der Waals surface area contributed by atoms with Crippen molar-refractivity contribution in [2.24, 2.45) is 0 Å². The van der Waals surface area contributed by atoms with Gasteiger partial charge in [-0.05, 0) is 55.2 Å². The number of carbonyl (C=O) groups excluding carboxylic acids is 1. The zero-order valence-corrected chi connectivity index (χ0v) is 17.0. The van der Waals surface area contributed by atoms with E-state index in [-0.39, 0.29) is 17.1 Å². The third-order valence-corrected chi connectivity index (χ3v) is 5.35. The van der Waals surface area contributed by atoms with Gasteiger partial charge in [-0.15, -0.1) is 0 Å². The Kier molecular flexibility index (Phi) is 5.14. The fraction of sp³-hybridized carbons (Fsp3) is 0.333. The zero-order chi connectivity index (χ0) is 20.5. The molecule has 1 unspecified atom stereocenters. The Labute approximate surface area is 169 Å². The van der Waals surface area contributed by atoms with Gasteiger partial charge < -0.3 is 14.5 Å². The first-order chi connectivity index (χ1) is 14.0. The van der Waals surface area contributed by atoms with Crippen molar-refractivity contribution >= 4 is 16.9 Å². The summed E-state index contributed by atoms with van der Waals surface area (Å²) in [5.41, 5.74) is 3.31. The molecule has 4 rings (SSSR count). The normalized spacial score (nSPS) is 15.4. The fourth-order valence-corrected chi connectivity index (χ4v) is 3.98. The maximum atomic E-state index is 13.3. The highest BCUT2D eigenvalue weighted by Crippen LogP contribution is 2.33. The van der Waals surface area contributed by atoms with Crippen LogP contribution in [0.5, 0.6) is 5.75 Å². The highest BCUT2D eigenvalue weighted by atomic mass is 16.5. The average Bonchev–Trinajstić information content (AvgIpc) is 3.02. The van der Waals surface area contributed by atoms with Crippen molar-refractivity contribution in [3.63, 3.8) is 0 Å². The lowest BCUT2D eigenvalue weighted by molar-refractivity contribution is 0.0937. The highest BCUT2D eigenvalue weighted by molar-refractivity contribution is 5.99. The maximum Gasteiger partial charge on any atom is 0.288 e. The Morgan fingerprint density at radius 3 is 2.72 bits per heavy atom. The topological polar surface area (TPSA) is 68.5 Å². The van der Waals surface area contributed by atoms with Crippen LogP contribution in [0.4, 0.5) is 0 Å². The molecule has 5 nitrogen and oxygen atoms in total. The zero-order valence-electron chi connectivity index (χ0n) is 17.0. The Balaban J connectivity index is 1.75. The van der Waals surface area contributed by atoms with Crippen LogP contribution in [0.3, 0.4) is 0 Å². The molecule has 1 aliphatic rings. The molecule has 2 heterocycles. The monoisotopic (exact) mass is 391 g/mol. The minimum atomic E-state index is -0.543. The predicted molar refractivity (Wildman–Crippen MR) is 113 cm³/mol. The largest absolute Gasteiger partial charge is 0.494 e. The van der Waals surface area contributed by atoms with Crippen LogP contribution >= 0.6 is 0 Å².